The highest BCUT2D eigenvalue weighted by Crippen LogP contribution is 2.08. The standard InChI is InChI=1S/C9H16N4/c10-9-11-7-8(12-9)3-6-13-4-1-2-5-13/h7H,1-6H2,(H3,10,11,12). The average Bonchev–Trinajstić information content (AvgIpc) is 2.71. The summed E-state index contributed by atoms with van der Waals surface area (Å²) in [5.74, 6) is 0.524. The van der Waals surface area contributed by atoms with E-state index in [9.17, 15) is 0 Å². The van der Waals surface area contributed by atoms with Gasteiger partial charge in [-0.25, -0.2) is 4.98 Å². The number of nitrogen functional groups attached to an aromatic ring is 1. The molecule has 4 heteroatoms. The molecule has 1 saturated heterocycles. The summed E-state index contributed by atoms with van der Waals surface area (Å²) >= 11 is 0. The molecule has 0 bridgehead atoms. The van der Waals surface area contributed by atoms with Crippen LogP contribution in [-0.4, -0.2) is 34.5 Å². The van der Waals surface area contributed by atoms with Crippen molar-refractivity contribution in [2.45, 2.75) is 19.3 Å². The van der Waals surface area contributed by atoms with E-state index in [2.05, 4.69) is 14.9 Å². The largest absolute Gasteiger partial charge is 0.369 e. The maximum Gasteiger partial charge on any atom is 0.197 e. The SMILES string of the molecule is Nc1ncc(CCN2CCCC2)[nH]1. The van der Waals surface area contributed by atoms with Crippen molar-refractivity contribution in [3.8, 4) is 0 Å². The molecule has 0 aliphatic carbocycles. The molecule has 2 rings (SSSR count). The lowest BCUT2D eigenvalue weighted by Gasteiger charge is -2.12. The molecule has 0 amide bonds. The van der Waals surface area contributed by atoms with Crippen LogP contribution >= 0.6 is 0 Å². The lowest BCUT2D eigenvalue weighted by Crippen LogP contribution is -2.22. The number of aromatic amines is 1. The van der Waals surface area contributed by atoms with Gasteiger partial charge in [0.1, 0.15) is 0 Å². The summed E-state index contributed by atoms with van der Waals surface area (Å²) < 4.78 is 0. The lowest BCUT2D eigenvalue weighted by molar-refractivity contribution is 0.342. The number of nitrogens with zero attached hydrogens (tertiary/aromatic N) is 2. The summed E-state index contributed by atoms with van der Waals surface area (Å²) in [6.07, 6.45) is 5.56. The summed E-state index contributed by atoms with van der Waals surface area (Å²) in [6.45, 7) is 3.63. The molecular weight excluding hydrogens is 164 g/mol. The first-order valence-electron chi connectivity index (χ1n) is 4.86. The van der Waals surface area contributed by atoms with Gasteiger partial charge in [-0.3, -0.25) is 0 Å². The number of aromatic nitrogens is 2. The van der Waals surface area contributed by atoms with Gasteiger partial charge in [-0.1, -0.05) is 0 Å². The predicted octanol–water partition coefficient (Wildman–Crippen LogP) is 0.630. The number of likely N-dealkylation sites (tertiary alicyclic amines) is 1. The molecule has 1 fully saturated rings. The molecule has 0 radical (unpaired) electrons. The van der Waals surface area contributed by atoms with Crippen LogP contribution in [0, 0.1) is 0 Å². The molecule has 1 aliphatic heterocycles. The molecular formula is C9H16N4. The fourth-order valence-corrected chi connectivity index (χ4v) is 1.79. The van der Waals surface area contributed by atoms with Crippen LogP contribution in [-0.2, 0) is 6.42 Å². The normalized spacial score (nSPS) is 18.2. The van der Waals surface area contributed by atoms with Crippen molar-refractivity contribution in [2.24, 2.45) is 0 Å². The summed E-state index contributed by atoms with van der Waals surface area (Å²) in [5, 5.41) is 0. The Morgan fingerprint density at radius 2 is 2.23 bits per heavy atom. The average molecular weight is 180 g/mol. The Labute approximate surface area is 78.1 Å². The summed E-state index contributed by atoms with van der Waals surface area (Å²) in [7, 11) is 0. The van der Waals surface area contributed by atoms with E-state index in [1.807, 2.05) is 6.20 Å². The number of rotatable bonds is 3. The quantitative estimate of drug-likeness (QED) is 0.717. The Hall–Kier alpha value is -1.03. The fourth-order valence-electron chi connectivity index (χ4n) is 1.79. The Bertz CT molecular complexity index is 262. The number of imidazole rings is 1. The van der Waals surface area contributed by atoms with Crippen molar-refractivity contribution in [1.29, 1.82) is 0 Å². The highest BCUT2D eigenvalue weighted by atomic mass is 15.1. The zero-order valence-electron chi connectivity index (χ0n) is 7.79. The predicted molar refractivity (Wildman–Crippen MR) is 52.4 cm³/mol. The van der Waals surface area contributed by atoms with Crippen LogP contribution in [0.5, 0.6) is 0 Å². The van der Waals surface area contributed by atoms with Gasteiger partial charge < -0.3 is 15.6 Å². The molecule has 2 heterocycles. The minimum Gasteiger partial charge on any atom is -0.369 e. The van der Waals surface area contributed by atoms with Crippen LogP contribution in [0.15, 0.2) is 6.20 Å². The highest BCUT2D eigenvalue weighted by molar-refractivity contribution is 5.18. The summed E-state index contributed by atoms with van der Waals surface area (Å²) in [4.78, 5) is 9.49. The molecule has 0 aromatic carbocycles. The van der Waals surface area contributed by atoms with E-state index < -0.39 is 0 Å². The first-order valence-corrected chi connectivity index (χ1v) is 4.86. The second kappa shape index (κ2) is 3.79. The van der Waals surface area contributed by atoms with Gasteiger partial charge in [0.2, 0.25) is 0 Å². The van der Waals surface area contributed by atoms with E-state index in [-0.39, 0.29) is 0 Å². The van der Waals surface area contributed by atoms with Gasteiger partial charge in [0.15, 0.2) is 5.95 Å². The van der Waals surface area contributed by atoms with Gasteiger partial charge in [0.25, 0.3) is 0 Å². The highest BCUT2D eigenvalue weighted by Gasteiger charge is 2.11. The monoisotopic (exact) mass is 180 g/mol. The first kappa shape index (κ1) is 8.56. The minimum atomic E-state index is 0.524. The Kier molecular flexibility index (Phi) is 2.49. The number of nitrogens with one attached hydrogen (secondary N) is 1. The maximum absolute atomic E-state index is 5.48. The van der Waals surface area contributed by atoms with Gasteiger partial charge >= 0.3 is 0 Å². The van der Waals surface area contributed by atoms with Crippen molar-refractivity contribution < 1.29 is 0 Å². The van der Waals surface area contributed by atoms with E-state index in [1.165, 1.54) is 25.9 Å². The topological polar surface area (TPSA) is 57.9 Å². The maximum atomic E-state index is 5.48. The van der Waals surface area contributed by atoms with Gasteiger partial charge in [-0.05, 0) is 25.9 Å². The fraction of sp³-hybridized carbons (Fsp3) is 0.667. The third kappa shape index (κ3) is 2.21. The molecule has 0 atom stereocenters. The van der Waals surface area contributed by atoms with Gasteiger partial charge in [-0.15, -0.1) is 0 Å². The number of nitrogens with two attached hydrogens (primary N) is 1. The van der Waals surface area contributed by atoms with Crippen molar-refractivity contribution in [3.05, 3.63) is 11.9 Å². The van der Waals surface area contributed by atoms with E-state index >= 15 is 0 Å². The second-order valence-corrected chi connectivity index (χ2v) is 3.59. The van der Waals surface area contributed by atoms with Gasteiger partial charge in [0.05, 0.1) is 6.20 Å². The Morgan fingerprint density at radius 1 is 1.46 bits per heavy atom. The molecule has 1 aromatic rings. The zero-order valence-corrected chi connectivity index (χ0v) is 7.79. The van der Waals surface area contributed by atoms with Crippen LogP contribution in [0.2, 0.25) is 0 Å². The van der Waals surface area contributed by atoms with E-state index in [4.69, 9.17) is 5.73 Å². The molecule has 13 heavy (non-hydrogen) atoms. The molecule has 4 nitrogen and oxygen atoms in total. The van der Waals surface area contributed by atoms with Crippen molar-refractivity contribution >= 4 is 5.95 Å². The molecule has 0 spiro atoms. The molecule has 1 aliphatic rings. The lowest BCUT2D eigenvalue weighted by atomic mass is 10.3. The van der Waals surface area contributed by atoms with E-state index in [0.717, 1.165) is 18.7 Å². The van der Waals surface area contributed by atoms with Crippen LogP contribution in [0.3, 0.4) is 0 Å². The number of anilines is 1. The number of H-pyrrole nitrogens is 1. The van der Waals surface area contributed by atoms with E-state index in [0.29, 0.717) is 5.95 Å². The van der Waals surface area contributed by atoms with E-state index in [1.54, 1.807) is 0 Å². The minimum absolute atomic E-state index is 0.524. The van der Waals surface area contributed by atoms with Gasteiger partial charge in [-0.2, -0.15) is 0 Å². The van der Waals surface area contributed by atoms with Gasteiger partial charge in [0, 0.05) is 18.7 Å². The van der Waals surface area contributed by atoms with Crippen LogP contribution in [0.1, 0.15) is 18.5 Å². The Balaban J connectivity index is 1.78. The molecule has 0 unspecified atom stereocenters. The third-order valence-corrected chi connectivity index (χ3v) is 2.54. The molecule has 0 saturated carbocycles. The van der Waals surface area contributed by atoms with Crippen LogP contribution < -0.4 is 5.73 Å². The zero-order chi connectivity index (χ0) is 9.10. The Morgan fingerprint density at radius 3 is 2.85 bits per heavy atom. The summed E-state index contributed by atoms with van der Waals surface area (Å²) in [6, 6.07) is 0. The second-order valence-electron chi connectivity index (χ2n) is 3.59. The molecule has 1 aromatic heterocycles. The smallest absolute Gasteiger partial charge is 0.197 e. The summed E-state index contributed by atoms with van der Waals surface area (Å²) in [5.41, 5.74) is 6.63. The number of hydrogen-bond acceptors (Lipinski definition) is 3. The molecule has 3 N–H and O–H groups in total. The first-order chi connectivity index (χ1) is 6.34. The van der Waals surface area contributed by atoms with Crippen LogP contribution in [0.25, 0.3) is 0 Å². The van der Waals surface area contributed by atoms with Crippen LogP contribution in [0.4, 0.5) is 5.95 Å². The molecule has 72 valence electrons. The third-order valence-electron chi connectivity index (χ3n) is 2.54. The van der Waals surface area contributed by atoms with Crippen molar-refractivity contribution in [1.82, 2.24) is 14.9 Å². The van der Waals surface area contributed by atoms with Crippen molar-refractivity contribution in [3.63, 3.8) is 0 Å². The number of hydrogen-bond donors (Lipinski definition) is 2. The van der Waals surface area contributed by atoms with Crippen molar-refractivity contribution in [2.75, 3.05) is 25.4 Å².